The molecule has 2 heterocycles. The molecule has 0 fully saturated rings. The van der Waals surface area contributed by atoms with Crippen LogP contribution in [-0.2, 0) is 21.5 Å². The van der Waals surface area contributed by atoms with Crippen LogP contribution in [-0.4, -0.2) is 36.7 Å². The molecule has 3 aromatic rings. The quantitative estimate of drug-likeness (QED) is 0.342. The Bertz CT molecular complexity index is 1270. The third kappa shape index (κ3) is 5.96. The molecule has 0 spiro atoms. The number of benzene rings is 2. The van der Waals surface area contributed by atoms with E-state index in [-0.39, 0.29) is 24.5 Å². The van der Waals surface area contributed by atoms with Crippen LogP contribution in [0.5, 0.6) is 0 Å². The Kier molecular flexibility index (Phi) is 7.69. The highest BCUT2D eigenvalue weighted by atomic mass is 32.2. The SMILES string of the molecule is O=C(C[n+]1c(C=CC=C2Nc3ccccc3S2)sc2ccccc21)NCCS(=O)(=O)O.[OH-]. The summed E-state index contributed by atoms with van der Waals surface area (Å²) in [7, 11) is -4.11. The van der Waals surface area contributed by atoms with Gasteiger partial charge in [-0.05, 0) is 24.3 Å². The zero-order valence-electron chi connectivity index (χ0n) is 16.8. The van der Waals surface area contributed by atoms with E-state index in [0.29, 0.717) is 0 Å². The first-order valence-electron chi connectivity index (χ1n) is 9.44. The first kappa shape index (κ1) is 24.0. The predicted molar refractivity (Wildman–Crippen MR) is 126 cm³/mol. The van der Waals surface area contributed by atoms with Gasteiger partial charge in [0.05, 0.1) is 16.5 Å². The lowest BCUT2D eigenvalue weighted by Gasteiger charge is -2.01. The molecule has 4 rings (SSSR count). The number of thiazole rings is 1. The van der Waals surface area contributed by atoms with Crippen LogP contribution in [0, 0.1) is 0 Å². The van der Waals surface area contributed by atoms with Crippen molar-refractivity contribution in [3.8, 4) is 0 Å². The molecule has 0 atom stereocenters. The van der Waals surface area contributed by atoms with Gasteiger partial charge in [0.1, 0.15) is 4.70 Å². The summed E-state index contributed by atoms with van der Waals surface area (Å²) in [5, 5.41) is 7.82. The van der Waals surface area contributed by atoms with E-state index in [2.05, 4.69) is 16.7 Å². The summed E-state index contributed by atoms with van der Waals surface area (Å²) >= 11 is 3.23. The number of para-hydroxylation sites is 2. The number of nitrogens with one attached hydrogen (secondary N) is 2. The van der Waals surface area contributed by atoms with Crippen LogP contribution in [0.15, 0.2) is 70.6 Å². The number of rotatable bonds is 7. The van der Waals surface area contributed by atoms with E-state index < -0.39 is 15.9 Å². The Morgan fingerprint density at radius 2 is 1.91 bits per heavy atom. The molecule has 2 aromatic carbocycles. The number of thioether (sulfide) groups is 1. The molecule has 0 bridgehead atoms. The lowest BCUT2D eigenvalue weighted by Crippen LogP contribution is -2.44. The summed E-state index contributed by atoms with van der Waals surface area (Å²) in [5.74, 6) is -0.838. The Morgan fingerprint density at radius 1 is 1.16 bits per heavy atom. The molecule has 0 saturated heterocycles. The Balaban J connectivity index is 0.00000289. The van der Waals surface area contributed by atoms with E-state index in [1.54, 1.807) is 23.1 Å². The van der Waals surface area contributed by atoms with Crippen molar-refractivity contribution in [2.24, 2.45) is 0 Å². The average molecular weight is 492 g/mol. The van der Waals surface area contributed by atoms with Crippen LogP contribution in [0.3, 0.4) is 0 Å². The standard InChI is InChI=1S/C21H19N3O4S3.H2O/c25-19(22-12-13-31(26,27)28)14-24-16-7-2-4-9-18(16)30-21(24)11-5-10-20-23-15-6-1-3-8-17(15)29-20;/h1-11H,12-14H2,(H2,22,25,26,27,28);1H2. The van der Waals surface area contributed by atoms with Crippen molar-refractivity contribution in [2.75, 3.05) is 17.6 Å². The smallest absolute Gasteiger partial charge is 0.286 e. The molecule has 1 aliphatic heterocycles. The van der Waals surface area contributed by atoms with Gasteiger partial charge in [-0.25, -0.2) is 0 Å². The average Bonchev–Trinajstić information content (AvgIpc) is 3.28. The van der Waals surface area contributed by atoms with E-state index in [4.69, 9.17) is 4.55 Å². The van der Waals surface area contributed by atoms with E-state index in [9.17, 15) is 13.2 Å². The minimum absolute atomic E-state index is 0. The van der Waals surface area contributed by atoms with E-state index in [1.165, 1.54) is 4.90 Å². The minimum Gasteiger partial charge on any atom is -0.870 e. The van der Waals surface area contributed by atoms with Crippen molar-refractivity contribution >= 4 is 61.1 Å². The van der Waals surface area contributed by atoms with Crippen molar-refractivity contribution in [1.82, 2.24) is 5.32 Å². The Hall–Kier alpha value is -2.70. The number of amides is 1. The first-order valence-corrected chi connectivity index (χ1v) is 12.7. The molecule has 0 unspecified atom stereocenters. The lowest BCUT2D eigenvalue weighted by atomic mass is 10.3. The van der Waals surface area contributed by atoms with Crippen molar-refractivity contribution in [2.45, 2.75) is 11.4 Å². The maximum absolute atomic E-state index is 12.3. The predicted octanol–water partition coefficient (Wildman–Crippen LogP) is 3.09. The zero-order valence-corrected chi connectivity index (χ0v) is 19.2. The van der Waals surface area contributed by atoms with Gasteiger partial charge in [0.25, 0.3) is 21.0 Å². The Morgan fingerprint density at radius 3 is 2.69 bits per heavy atom. The highest BCUT2D eigenvalue weighted by Gasteiger charge is 2.21. The van der Waals surface area contributed by atoms with Crippen LogP contribution in [0.1, 0.15) is 5.01 Å². The molecule has 1 aliphatic rings. The van der Waals surface area contributed by atoms with Crippen LogP contribution >= 0.6 is 23.1 Å². The van der Waals surface area contributed by atoms with Gasteiger partial charge in [-0.15, -0.1) is 0 Å². The molecular weight excluding hydrogens is 470 g/mol. The van der Waals surface area contributed by atoms with Crippen molar-refractivity contribution in [3.63, 3.8) is 0 Å². The molecule has 0 radical (unpaired) electrons. The Labute approximate surface area is 193 Å². The van der Waals surface area contributed by atoms with Crippen LogP contribution < -0.4 is 15.2 Å². The highest BCUT2D eigenvalue weighted by Crippen LogP contribution is 2.40. The third-order valence-corrected chi connectivity index (χ3v) is 7.36. The van der Waals surface area contributed by atoms with Gasteiger partial charge >= 0.3 is 0 Å². The number of hydrogen-bond donors (Lipinski definition) is 3. The van der Waals surface area contributed by atoms with Gasteiger partial charge in [-0.2, -0.15) is 13.0 Å². The van der Waals surface area contributed by atoms with Crippen LogP contribution in [0.25, 0.3) is 16.3 Å². The molecule has 168 valence electrons. The summed E-state index contributed by atoms with van der Waals surface area (Å²) in [5.41, 5.74) is 2.01. The first-order chi connectivity index (χ1) is 14.9. The third-order valence-electron chi connectivity index (χ3n) is 4.47. The molecular formula is C21H21N3O5S3. The molecule has 32 heavy (non-hydrogen) atoms. The van der Waals surface area contributed by atoms with E-state index in [1.807, 2.05) is 65.3 Å². The van der Waals surface area contributed by atoms with Crippen molar-refractivity contribution in [1.29, 1.82) is 0 Å². The number of fused-ring (bicyclic) bond motifs is 2. The topological polar surface area (TPSA) is 129 Å². The summed E-state index contributed by atoms with van der Waals surface area (Å²) < 4.78 is 33.4. The van der Waals surface area contributed by atoms with Gasteiger partial charge < -0.3 is 16.1 Å². The molecule has 1 aromatic heterocycles. The summed E-state index contributed by atoms with van der Waals surface area (Å²) in [6, 6.07) is 15.9. The molecule has 11 heteroatoms. The summed E-state index contributed by atoms with van der Waals surface area (Å²) in [6.07, 6.45) is 5.89. The zero-order chi connectivity index (χ0) is 21.8. The highest BCUT2D eigenvalue weighted by molar-refractivity contribution is 8.03. The van der Waals surface area contributed by atoms with Gasteiger partial charge in [0.15, 0.2) is 0 Å². The normalized spacial score (nSPS) is 14.3. The van der Waals surface area contributed by atoms with Crippen LogP contribution in [0.4, 0.5) is 5.69 Å². The summed E-state index contributed by atoms with van der Waals surface area (Å²) in [4.78, 5) is 13.5. The maximum Gasteiger partial charge on any atom is 0.286 e. The molecule has 1 amide bonds. The van der Waals surface area contributed by atoms with E-state index >= 15 is 0 Å². The fourth-order valence-corrected chi connectivity index (χ4v) is 5.44. The number of allylic oxidation sites excluding steroid dienone is 2. The molecule has 0 aliphatic carbocycles. The maximum atomic E-state index is 12.3. The second-order valence-electron chi connectivity index (χ2n) is 6.74. The van der Waals surface area contributed by atoms with Crippen LogP contribution in [0.2, 0.25) is 0 Å². The van der Waals surface area contributed by atoms with E-state index in [0.717, 1.165) is 25.9 Å². The number of hydrogen-bond acceptors (Lipinski definition) is 7. The fourth-order valence-electron chi connectivity index (χ4n) is 3.09. The van der Waals surface area contributed by atoms with Crippen molar-refractivity contribution in [3.05, 3.63) is 70.7 Å². The number of nitrogens with zero attached hydrogens (tertiary/aromatic N) is 1. The number of aromatic nitrogens is 1. The fraction of sp³-hybridized carbons (Fsp3) is 0.143. The molecule has 0 saturated carbocycles. The second-order valence-corrected chi connectivity index (χ2v) is 10.5. The number of anilines is 1. The van der Waals surface area contributed by atoms with Gasteiger partial charge in [-0.3, -0.25) is 9.35 Å². The van der Waals surface area contributed by atoms with Crippen molar-refractivity contribution < 1.29 is 27.8 Å². The second kappa shape index (κ2) is 10.3. The lowest BCUT2D eigenvalue weighted by molar-refractivity contribution is -0.655. The van der Waals surface area contributed by atoms with Gasteiger partial charge in [0.2, 0.25) is 12.1 Å². The number of carbonyl (C=O) groups is 1. The number of carbonyl (C=O) groups excluding carboxylic acids is 1. The minimum atomic E-state index is -4.11. The summed E-state index contributed by atoms with van der Waals surface area (Å²) in [6.45, 7) is -0.0921. The largest absolute Gasteiger partial charge is 0.870 e. The monoisotopic (exact) mass is 491 g/mol. The molecule has 4 N–H and O–H groups in total. The molecule has 8 nitrogen and oxygen atoms in total. The van der Waals surface area contributed by atoms with Gasteiger partial charge in [-0.1, -0.05) is 53.4 Å². The van der Waals surface area contributed by atoms with Gasteiger partial charge in [0, 0.05) is 23.6 Å².